The molecule has 1 saturated heterocycles. The van der Waals surface area contributed by atoms with Crippen LogP contribution in [-0.2, 0) is 21.2 Å². The smallest absolute Gasteiger partial charge is 0.225 e. The minimum Gasteiger partial charge on any atom is -0.459 e. The summed E-state index contributed by atoms with van der Waals surface area (Å²) in [6, 6.07) is 10.7. The van der Waals surface area contributed by atoms with E-state index in [9.17, 15) is 13.2 Å². The van der Waals surface area contributed by atoms with Crippen molar-refractivity contribution in [1.82, 2.24) is 4.90 Å². The van der Waals surface area contributed by atoms with Gasteiger partial charge in [0.05, 0.1) is 18.1 Å². The van der Waals surface area contributed by atoms with Gasteiger partial charge in [-0.15, -0.1) is 0 Å². The second-order valence-electron chi connectivity index (χ2n) is 6.95. The van der Waals surface area contributed by atoms with Crippen molar-refractivity contribution in [2.75, 3.05) is 11.5 Å². The van der Waals surface area contributed by atoms with E-state index in [-0.39, 0.29) is 35.9 Å². The van der Waals surface area contributed by atoms with E-state index in [1.54, 1.807) is 11.0 Å². The Bertz CT molecular complexity index is 904. The molecule has 140 valence electrons. The van der Waals surface area contributed by atoms with E-state index < -0.39 is 9.84 Å². The molecule has 1 atom stereocenters. The minimum absolute atomic E-state index is 0.0211. The van der Waals surface area contributed by atoms with Gasteiger partial charge >= 0.3 is 0 Å². The van der Waals surface area contributed by atoms with Crippen LogP contribution < -0.4 is 0 Å². The molecule has 1 amide bonds. The van der Waals surface area contributed by atoms with Gasteiger partial charge in [-0.3, -0.25) is 4.79 Å². The second-order valence-corrected chi connectivity index (χ2v) is 9.62. The fraction of sp³-hybridized carbons (Fsp3) is 0.421. The zero-order valence-electron chi connectivity index (χ0n) is 14.8. The molecule has 5 nitrogen and oxygen atoms in total. The molecule has 0 bridgehead atoms. The van der Waals surface area contributed by atoms with Gasteiger partial charge in [0.25, 0.3) is 0 Å². The topological polar surface area (TPSA) is 67.6 Å². The van der Waals surface area contributed by atoms with Crippen molar-refractivity contribution in [3.63, 3.8) is 0 Å². The molecule has 1 aliphatic rings. The molecule has 1 aliphatic heterocycles. The monoisotopic (exact) mass is 395 g/mol. The largest absolute Gasteiger partial charge is 0.459 e. The van der Waals surface area contributed by atoms with Crippen molar-refractivity contribution in [3.05, 3.63) is 47.2 Å². The van der Waals surface area contributed by atoms with Crippen molar-refractivity contribution in [2.24, 2.45) is 5.92 Å². The van der Waals surface area contributed by atoms with Crippen molar-refractivity contribution >= 4 is 27.3 Å². The zero-order chi connectivity index (χ0) is 18.9. The van der Waals surface area contributed by atoms with Crippen molar-refractivity contribution in [1.29, 1.82) is 0 Å². The van der Waals surface area contributed by atoms with E-state index in [0.29, 0.717) is 23.0 Å². The Morgan fingerprint density at radius 3 is 2.69 bits per heavy atom. The summed E-state index contributed by atoms with van der Waals surface area (Å²) in [6.07, 6.45) is 0.475. The van der Waals surface area contributed by atoms with Crippen molar-refractivity contribution in [2.45, 2.75) is 32.9 Å². The van der Waals surface area contributed by atoms with Gasteiger partial charge in [0.1, 0.15) is 11.5 Å². The predicted molar refractivity (Wildman–Crippen MR) is 102 cm³/mol. The highest BCUT2D eigenvalue weighted by molar-refractivity contribution is 7.91. The normalized spacial score (nSPS) is 19.0. The van der Waals surface area contributed by atoms with Crippen LogP contribution in [0.5, 0.6) is 0 Å². The Kier molecular flexibility index (Phi) is 5.44. The molecule has 0 N–H and O–H groups in total. The van der Waals surface area contributed by atoms with Gasteiger partial charge in [0.15, 0.2) is 9.84 Å². The lowest BCUT2D eigenvalue weighted by atomic mass is 10.1. The number of benzene rings is 1. The summed E-state index contributed by atoms with van der Waals surface area (Å²) in [5.74, 6) is 1.17. The highest BCUT2D eigenvalue weighted by atomic mass is 35.5. The Morgan fingerprint density at radius 1 is 1.31 bits per heavy atom. The first kappa shape index (κ1) is 19.0. The number of furan rings is 1. The molecule has 3 rings (SSSR count). The molecular formula is C19H22ClNO4S. The van der Waals surface area contributed by atoms with Crippen LogP contribution in [0.4, 0.5) is 0 Å². The number of amides is 1. The Balaban J connectivity index is 1.82. The first-order valence-corrected chi connectivity index (χ1v) is 10.8. The Morgan fingerprint density at radius 2 is 2.08 bits per heavy atom. The first-order valence-electron chi connectivity index (χ1n) is 8.61. The molecule has 0 spiro atoms. The van der Waals surface area contributed by atoms with E-state index in [1.165, 1.54) is 0 Å². The number of sulfone groups is 1. The van der Waals surface area contributed by atoms with E-state index >= 15 is 0 Å². The fourth-order valence-corrected chi connectivity index (χ4v) is 5.09. The molecule has 1 aromatic heterocycles. The average Bonchev–Trinajstić information content (AvgIpc) is 3.18. The molecule has 2 heterocycles. The summed E-state index contributed by atoms with van der Waals surface area (Å²) in [6.45, 7) is 3.90. The summed E-state index contributed by atoms with van der Waals surface area (Å²) in [7, 11) is -3.07. The van der Waals surface area contributed by atoms with Crippen LogP contribution in [0.1, 0.15) is 26.0 Å². The van der Waals surface area contributed by atoms with Gasteiger partial charge in [-0.1, -0.05) is 37.6 Å². The van der Waals surface area contributed by atoms with Crippen molar-refractivity contribution < 1.29 is 17.6 Å². The molecule has 2 aromatic rings. The Labute approximate surface area is 158 Å². The highest BCUT2D eigenvalue weighted by Crippen LogP contribution is 2.27. The third-order valence-electron chi connectivity index (χ3n) is 4.52. The number of carbonyl (C=O) groups excluding carboxylic acids is 1. The molecule has 1 unspecified atom stereocenters. The average molecular weight is 396 g/mol. The van der Waals surface area contributed by atoms with E-state index in [1.807, 2.05) is 44.2 Å². The van der Waals surface area contributed by atoms with Crippen LogP contribution >= 0.6 is 11.6 Å². The van der Waals surface area contributed by atoms with Crippen LogP contribution in [0.25, 0.3) is 11.3 Å². The minimum atomic E-state index is -3.07. The van der Waals surface area contributed by atoms with Crippen LogP contribution in [0.2, 0.25) is 5.02 Å². The molecule has 0 radical (unpaired) electrons. The summed E-state index contributed by atoms with van der Waals surface area (Å²) in [5, 5.41) is 0.619. The van der Waals surface area contributed by atoms with Crippen LogP contribution in [-0.4, -0.2) is 36.8 Å². The van der Waals surface area contributed by atoms with E-state index in [2.05, 4.69) is 0 Å². The molecule has 1 fully saturated rings. The molecule has 26 heavy (non-hydrogen) atoms. The van der Waals surface area contributed by atoms with Gasteiger partial charge in [0.2, 0.25) is 5.91 Å². The zero-order valence-corrected chi connectivity index (χ0v) is 16.4. The van der Waals surface area contributed by atoms with Crippen LogP contribution in [0.3, 0.4) is 0 Å². The lowest BCUT2D eigenvalue weighted by molar-refractivity contribution is -0.137. The molecular weight excluding hydrogens is 374 g/mol. The number of hydrogen-bond donors (Lipinski definition) is 0. The lowest BCUT2D eigenvalue weighted by Gasteiger charge is -2.29. The summed E-state index contributed by atoms with van der Waals surface area (Å²) in [5.41, 5.74) is 0.855. The number of carbonyl (C=O) groups is 1. The standard InChI is InChI=1S/C19H22ClNO4S/c1-13(2)19(22)21(16-8-9-26(23,24)12-16)11-17-6-7-18(25-17)14-4-3-5-15(20)10-14/h3-7,10,13,16H,8-9,11-12H2,1-2H3. The maximum atomic E-state index is 12.6. The highest BCUT2D eigenvalue weighted by Gasteiger charge is 2.35. The predicted octanol–water partition coefficient (Wildman–Crippen LogP) is 3.77. The molecule has 0 aliphatic carbocycles. The van der Waals surface area contributed by atoms with Crippen molar-refractivity contribution in [3.8, 4) is 11.3 Å². The summed E-state index contributed by atoms with van der Waals surface area (Å²) >= 11 is 6.02. The Hall–Kier alpha value is -1.79. The number of rotatable bonds is 5. The number of hydrogen-bond acceptors (Lipinski definition) is 4. The molecule has 1 aromatic carbocycles. The van der Waals surface area contributed by atoms with Gasteiger partial charge < -0.3 is 9.32 Å². The third kappa shape index (κ3) is 4.30. The van der Waals surface area contributed by atoms with E-state index in [4.69, 9.17) is 16.0 Å². The SMILES string of the molecule is CC(C)C(=O)N(Cc1ccc(-c2cccc(Cl)c2)o1)C1CCS(=O)(=O)C1. The van der Waals surface area contributed by atoms with Crippen LogP contribution in [0, 0.1) is 5.92 Å². The van der Waals surface area contributed by atoms with Gasteiger partial charge in [0, 0.05) is 22.5 Å². The second kappa shape index (κ2) is 7.45. The molecule has 7 heteroatoms. The van der Waals surface area contributed by atoms with Crippen LogP contribution in [0.15, 0.2) is 40.8 Å². The maximum absolute atomic E-state index is 12.6. The van der Waals surface area contributed by atoms with Gasteiger partial charge in [-0.05, 0) is 30.7 Å². The summed E-state index contributed by atoms with van der Waals surface area (Å²) in [4.78, 5) is 14.3. The first-order chi connectivity index (χ1) is 12.2. The lowest BCUT2D eigenvalue weighted by Crippen LogP contribution is -2.42. The third-order valence-corrected chi connectivity index (χ3v) is 6.51. The summed E-state index contributed by atoms with van der Waals surface area (Å²) < 4.78 is 29.6. The fourth-order valence-electron chi connectivity index (χ4n) is 3.17. The van der Waals surface area contributed by atoms with Gasteiger partial charge in [-0.2, -0.15) is 0 Å². The molecule has 0 saturated carbocycles. The van der Waals surface area contributed by atoms with Gasteiger partial charge in [-0.25, -0.2) is 8.42 Å². The quantitative estimate of drug-likeness (QED) is 0.772. The maximum Gasteiger partial charge on any atom is 0.225 e. The number of halogens is 1. The number of nitrogens with zero attached hydrogens (tertiary/aromatic N) is 1. The van der Waals surface area contributed by atoms with E-state index in [0.717, 1.165) is 5.56 Å².